The summed E-state index contributed by atoms with van der Waals surface area (Å²) < 4.78 is 6.13. The van der Waals surface area contributed by atoms with Crippen LogP contribution in [0.2, 0.25) is 0 Å². The Balaban J connectivity index is 1.56. The average molecular weight is 332 g/mol. The first-order valence-corrected chi connectivity index (χ1v) is 9.70. The largest absolute Gasteiger partial charge is 0.512 e. The molecule has 2 N–H and O–H groups in total. The van der Waals surface area contributed by atoms with Crippen molar-refractivity contribution >= 4 is 0 Å². The summed E-state index contributed by atoms with van der Waals surface area (Å²) in [6.07, 6.45) is 19.5. The lowest BCUT2D eigenvalue weighted by Crippen LogP contribution is -2.26. The highest BCUT2D eigenvalue weighted by Gasteiger charge is 2.46. The van der Waals surface area contributed by atoms with Crippen LogP contribution in [0.1, 0.15) is 58.3 Å². The number of allylic oxidation sites excluding steroid dienone is 3. The van der Waals surface area contributed by atoms with Gasteiger partial charge in [-0.2, -0.15) is 0 Å². The van der Waals surface area contributed by atoms with E-state index in [1.54, 1.807) is 6.08 Å². The minimum Gasteiger partial charge on any atom is -0.512 e. The molecule has 134 valence electrons. The summed E-state index contributed by atoms with van der Waals surface area (Å²) in [6, 6.07) is 0. The molecule has 1 aliphatic carbocycles. The summed E-state index contributed by atoms with van der Waals surface area (Å²) in [5.74, 6) is 1.83. The van der Waals surface area contributed by atoms with Gasteiger partial charge in [0.25, 0.3) is 0 Å². The van der Waals surface area contributed by atoms with E-state index >= 15 is 0 Å². The number of hydrogen-bond acceptors (Lipinski definition) is 3. The maximum absolute atomic E-state index is 10.4. The van der Waals surface area contributed by atoms with Gasteiger partial charge in [0.15, 0.2) is 0 Å². The molecule has 3 fully saturated rings. The van der Waals surface area contributed by atoms with E-state index in [-0.39, 0.29) is 6.10 Å². The van der Waals surface area contributed by atoms with E-state index in [9.17, 15) is 10.2 Å². The third-order valence-corrected chi connectivity index (χ3v) is 6.13. The standard InChI is InChI=1S/C21H32O3/c1-2-16(22)9-5-6-10-17-18(21-14-13-20(17)24-21)11-12-19(23)15-7-3-4-8-15/h2,5-6,11-12,15,17-23H,3-4,7-10,13-14H2,1H3/b6-5-,12-11+,16-2+/t17-,18+,19?,20-,21+/m1/s1. The maximum atomic E-state index is 10.4. The molecule has 0 aromatic carbocycles. The molecule has 3 rings (SSSR count). The summed E-state index contributed by atoms with van der Waals surface area (Å²) in [6.45, 7) is 1.85. The molecule has 24 heavy (non-hydrogen) atoms. The molecule has 3 heteroatoms. The third kappa shape index (κ3) is 4.12. The lowest BCUT2D eigenvalue weighted by molar-refractivity contribution is 0.0898. The zero-order valence-corrected chi connectivity index (χ0v) is 14.8. The second-order valence-electron chi connectivity index (χ2n) is 7.64. The molecule has 2 bridgehead atoms. The van der Waals surface area contributed by atoms with Crippen LogP contribution in [0.25, 0.3) is 0 Å². The van der Waals surface area contributed by atoms with Gasteiger partial charge in [0.2, 0.25) is 0 Å². The van der Waals surface area contributed by atoms with E-state index in [4.69, 9.17) is 4.74 Å². The third-order valence-electron chi connectivity index (χ3n) is 6.13. The first-order chi connectivity index (χ1) is 11.7. The Bertz CT molecular complexity index is 487. The second kappa shape index (κ2) is 8.35. The Kier molecular flexibility index (Phi) is 6.18. The fourth-order valence-electron chi connectivity index (χ4n) is 4.66. The predicted molar refractivity (Wildman–Crippen MR) is 96.7 cm³/mol. The summed E-state index contributed by atoms with van der Waals surface area (Å²) in [7, 11) is 0. The first kappa shape index (κ1) is 17.8. The van der Waals surface area contributed by atoms with Crippen molar-refractivity contribution in [3.8, 4) is 0 Å². The Morgan fingerprint density at radius 2 is 1.88 bits per heavy atom. The van der Waals surface area contributed by atoms with E-state index in [1.165, 1.54) is 32.1 Å². The molecule has 0 aromatic heterocycles. The van der Waals surface area contributed by atoms with Crippen LogP contribution in [-0.4, -0.2) is 28.5 Å². The molecule has 3 nitrogen and oxygen atoms in total. The molecule has 1 saturated carbocycles. The molecule has 0 amide bonds. The Hall–Kier alpha value is -1.06. The molecule has 0 radical (unpaired) electrons. The lowest BCUT2D eigenvalue weighted by Gasteiger charge is -2.25. The van der Waals surface area contributed by atoms with Crippen LogP contribution in [-0.2, 0) is 4.74 Å². The SMILES string of the molecule is C/C=C(/O)C/C=C\C[C@@H]1[C@H](/C=C/C(O)C2CCCC2)[C@@H]2CC[C@H]1O2. The van der Waals surface area contributed by atoms with Gasteiger partial charge in [-0.3, -0.25) is 0 Å². The fraction of sp³-hybridized carbons (Fsp3) is 0.714. The van der Waals surface area contributed by atoms with Crippen molar-refractivity contribution < 1.29 is 14.9 Å². The molecular formula is C21H32O3. The Morgan fingerprint density at radius 1 is 1.12 bits per heavy atom. The van der Waals surface area contributed by atoms with Gasteiger partial charge < -0.3 is 14.9 Å². The molecule has 2 aliphatic heterocycles. The number of ether oxygens (including phenoxy) is 1. The highest BCUT2D eigenvalue weighted by atomic mass is 16.5. The smallest absolute Gasteiger partial charge is 0.0917 e. The molecule has 0 spiro atoms. The van der Waals surface area contributed by atoms with Crippen molar-refractivity contribution in [1.82, 2.24) is 0 Å². The summed E-state index contributed by atoms with van der Waals surface area (Å²) in [4.78, 5) is 0. The fourth-order valence-corrected chi connectivity index (χ4v) is 4.66. The normalized spacial score (nSPS) is 35.7. The van der Waals surface area contributed by atoms with Gasteiger partial charge in [0.05, 0.1) is 24.1 Å². The maximum Gasteiger partial charge on any atom is 0.0917 e. The first-order valence-electron chi connectivity index (χ1n) is 9.70. The Morgan fingerprint density at radius 3 is 2.62 bits per heavy atom. The zero-order chi connectivity index (χ0) is 16.9. The van der Waals surface area contributed by atoms with Crippen molar-refractivity contribution in [1.29, 1.82) is 0 Å². The molecule has 1 unspecified atom stereocenters. The highest BCUT2D eigenvalue weighted by molar-refractivity contribution is 5.09. The van der Waals surface area contributed by atoms with Crippen molar-refractivity contribution in [2.45, 2.75) is 76.6 Å². The van der Waals surface area contributed by atoms with Crippen LogP contribution >= 0.6 is 0 Å². The molecule has 5 atom stereocenters. The summed E-state index contributed by atoms with van der Waals surface area (Å²) >= 11 is 0. The topological polar surface area (TPSA) is 49.7 Å². The van der Waals surface area contributed by atoms with Gasteiger partial charge in [0.1, 0.15) is 0 Å². The van der Waals surface area contributed by atoms with Gasteiger partial charge in [-0.1, -0.05) is 37.1 Å². The van der Waals surface area contributed by atoms with Crippen LogP contribution in [0.5, 0.6) is 0 Å². The van der Waals surface area contributed by atoms with E-state index in [0.29, 0.717) is 42.1 Å². The second-order valence-corrected chi connectivity index (χ2v) is 7.64. The number of rotatable bonds is 7. The van der Waals surface area contributed by atoms with E-state index in [2.05, 4.69) is 18.2 Å². The van der Waals surface area contributed by atoms with Crippen LogP contribution in [0.4, 0.5) is 0 Å². The van der Waals surface area contributed by atoms with Crippen LogP contribution in [0.3, 0.4) is 0 Å². The number of fused-ring (bicyclic) bond motifs is 2. The molecule has 3 aliphatic rings. The van der Waals surface area contributed by atoms with Crippen molar-refractivity contribution in [2.75, 3.05) is 0 Å². The number of hydrogen-bond donors (Lipinski definition) is 2. The quantitative estimate of drug-likeness (QED) is 0.525. The van der Waals surface area contributed by atoms with E-state index in [0.717, 1.165) is 12.8 Å². The molecule has 2 saturated heterocycles. The van der Waals surface area contributed by atoms with E-state index < -0.39 is 0 Å². The Labute approximate surface area is 146 Å². The number of aliphatic hydroxyl groups excluding tert-OH is 2. The minimum absolute atomic E-state index is 0.283. The van der Waals surface area contributed by atoms with Crippen molar-refractivity contribution in [3.63, 3.8) is 0 Å². The van der Waals surface area contributed by atoms with Crippen LogP contribution in [0, 0.1) is 17.8 Å². The zero-order valence-electron chi connectivity index (χ0n) is 14.8. The highest BCUT2D eigenvalue weighted by Crippen LogP contribution is 2.46. The van der Waals surface area contributed by atoms with Gasteiger partial charge in [0, 0.05) is 12.3 Å². The number of aliphatic hydroxyl groups is 2. The minimum atomic E-state index is -0.283. The van der Waals surface area contributed by atoms with Crippen molar-refractivity contribution in [2.24, 2.45) is 17.8 Å². The van der Waals surface area contributed by atoms with Crippen molar-refractivity contribution in [3.05, 3.63) is 36.1 Å². The van der Waals surface area contributed by atoms with Gasteiger partial charge in [-0.25, -0.2) is 0 Å². The lowest BCUT2D eigenvalue weighted by atomic mass is 9.77. The molecule has 2 heterocycles. The van der Waals surface area contributed by atoms with Crippen LogP contribution < -0.4 is 0 Å². The van der Waals surface area contributed by atoms with Gasteiger partial charge in [-0.15, -0.1) is 0 Å². The average Bonchev–Trinajstić information content (AvgIpc) is 3.33. The molecule has 0 aromatic rings. The molecular weight excluding hydrogens is 300 g/mol. The van der Waals surface area contributed by atoms with Gasteiger partial charge >= 0.3 is 0 Å². The summed E-state index contributed by atoms with van der Waals surface area (Å²) in [5, 5.41) is 19.9. The summed E-state index contributed by atoms with van der Waals surface area (Å²) in [5.41, 5.74) is 0. The monoisotopic (exact) mass is 332 g/mol. The van der Waals surface area contributed by atoms with E-state index in [1.807, 2.05) is 13.0 Å². The van der Waals surface area contributed by atoms with Crippen LogP contribution in [0.15, 0.2) is 36.1 Å². The predicted octanol–water partition coefficient (Wildman–Crippen LogP) is 4.69. The van der Waals surface area contributed by atoms with Gasteiger partial charge in [-0.05, 0) is 56.9 Å².